The quantitative estimate of drug-likeness (QED) is 0.336. The van der Waals surface area contributed by atoms with Crippen molar-refractivity contribution in [3.8, 4) is 11.5 Å². The fourth-order valence-corrected chi connectivity index (χ4v) is 2.54. The molecule has 3 nitrogen and oxygen atoms in total. The Kier molecular flexibility index (Phi) is 4.70. The van der Waals surface area contributed by atoms with Gasteiger partial charge >= 0.3 is 18.3 Å². The van der Waals surface area contributed by atoms with Crippen molar-refractivity contribution < 1.29 is 41.0 Å². The van der Waals surface area contributed by atoms with Gasteiger partial charge in [-0.15, -0.1) is 0 Å². The summed E-state index contributed by atoms with van der Waals surface area (Å²) in [5.74, 6) is -2.76. The van der Waals surface area contributed by atoms with Crippen LogP contribution in [-0.2, 0) is 12.4 Å². The molecule has 0 aliphatic carbocycles. The average Bonchev–Trinajstić information content (AvgIpc) is 2.59. The molecule has 0 amide bonds. The Morgan fingerprint density at radius 2 is 1.29 bits per heavy atom. The van der Waals surface area contributed by atoms with Crippen LogP contribution >= 0.6 is 0 Å². The Hall–Kier alpha value is -3.23. The smallest absolute Gasteiger partial charge is 0.416 e. The molecule has 28 heavy (non-hydrogen) atoms. The van der Waals surface area contributed by atoms with Crippen molar-refractivity contribution in [2.45, 2.75) is 12.4 Å². The molecule has 9 heteroatoms. The number of esters is 1. The number of rotatable bonds is 2. The maximum atomic E-state index is 12.9. The zero-order valence-corrected chi connectivity index (χ0v) is 13.7. The van der Waals surface area contributed by atoms with Crippen LogP contribution in [0.3, 0.4) is 0 Å². The molecule has 0 aliphatic rings. The maximum absolute atomic E-state index is 12.9. The van der Waals surface area contributed by atoms with Crippen LogP contribution in [0.1, 0.15) is 21.5 Å². The molecule has 0 fully saturated rings. The van der Waals surface area contributed by atoms with Gasteiger partial charge in [0.2, 0.25) is 0 Å². The maximum Gasteiger partial charge on any atom is 0.416 e. The molecule has 0 radical (unpaired) electrons. The van der Waals surface area contributed by atoms with E-state index in [0.717, 1.165) is 0 Å². The van der Waals surface area contributed by atoms with Gasteiger partial charge in [-0.05, 0) is 41.1 Å². The van der Waals surface area contributed by atoms with E-state index in [0.29, 0.717) is 10.8 Å². The van der Waals surface area contributed by atoms with Gasteiger partial charge in [-0.2, -0.15) is 26.3 Å². The van der Waals surface area contributed by atoms with Gasteiger partial charge in [-0.25, -0.2) is 4.79 Å². The first-order valence-electron chi connectivity index (χ1n) is 7.68. The molecule has 0 spiro atoms. The average molecular weight is 400 g/mol. The van der Waals surface area contributed by atoms with Crippen molar-refractivity contribution in [3.63, 3.8) is 0 Å². The molecule has 0 saturated heterocycles. The van der Waals surface area contributed by atoms with Crippen molar-refractivity contribution in [2.24, 2.45) is 0 Å². The van der Waals surface area contributed by atoms with Crippen molar-refractivity contribution in [2.75, 3.05) is 0 Å². The predicted molar refractivity (Wildman–Crippen MR) is 87.0 cm³/mol. The van der Waals surface area contributed by atoms with E-state index in [9.17, 15) is 36.2 Å². The number of halogens is 6. The summed E-state index contributed by atoms with van der Waals surface area (Å²) in [6.07, 6.45) is -10.2. The molecule has 0 aliphatic heterocycles. The van der Waals surface area contributed by atoms with E-state index in [2.05, 4.69) is 0 Å². The number of carbonyl (C=O) groups is 1. The molecule has 3 rings (SSSR count). The summed E-state index contributed by atoms with van der Waals surface area (Å²) in [5.41, 5.74) is -3.63. The highest BCUT2D eigenvalue weighted by molar-refractivity contribution is 5.99. The van der Waals surface area contributed by atoms with Gasteiger partial charge in [-0.1, -0.05) is 24.3 Å². The second-order valence-electron chi connectivity index (χ2n) is 5.85. The van der Waals surface area contributed by atoms with Gasteiger partial charge < -0.3 is 9.84 Å². The number of aromatic hydroxyl groups is 1. The van der Waals surface area contributed by atoms with E-state index in [1.807, 2.05) is 0 Å². The van der Waals surface area contributed by atoms with Crippen molar-refractivity contribution in [1.29, 1.82) is 0 Å². The first kappa shape index (κ1) is 19.5. The third-order valence-corrected chi connectivity index (χ3v) is 3.86. The monoisotopic (exact) mass is 400 g/mol. The minimum atomic E-state index is -5.08. The minimum Gasteiger partial charge on any atom is -0.507 e. The number of hydrogen-bond acceptors (Lipinski definition) is 3. The summed E-state index contributed by atoms with van der Waals surface area (Å²) >= 11 is 0. The Morgan fingerprint density at radius 3 is 1.79 bits per heavy atom. The predicted octanol–water partition coefficient (Wildman–Crippen LogP) is 5.80. The van der Waals surface area contributed by atoms with Crippen LogP contribution < -0.4 is 4.74 Å². The van der Waals surface area contributed by atoms with E-state index < -0.39 is 46.5 Å². The van der Waals surface area contributed by atoms with Gasteiger partial charge in [0.25, 0.3) is 0 Å². The molecular formula is C19H10F6O3. The van der Waals surface area contributed by atoms with Crippen LogP contribution in [-0.4, -0.2) is 11.1 Å². The third-order valence-electron chi connectivity index (χ3n) is 3.86. The van der Waals surface area contributed by atoms with Gasteiger partial charge in [0.05, 0.1) is 11.1 Å². The molecule has 0 aromatic heterocycles. The Bertz CT molecular complexity index is 1020. The summed E-state index contributed by atoms with van der Waals surface area (Å²) in [6.45, 7) is 0. The number of phenolic OH excluding ortho intramolecular Hbond substituents is 1. The number of ether oxygens (including phenoxy) is 1. The molecule has 146 valence electrons. The molecule has 0 atom stereocenters. The second-order valence-corrected chi connectivity index (χ2v) is 5.85. The summed E-state index contributed by atoms with van der Waals surface area (Å²) < 4.78 is 82.0. The lowest BCUT2D eigenvalue weighted by Gasteiger charge is -2.14. The summed E-state index contributed by atoms with van der Waals surface area (Å²) in [4.78, 5) is 12.3. The summed E-state index contributed by atoms with van der Waals surface area (Å²) in [5, 5.41) is 11.1. The highest BCUT2D eigenvalue weighted by Crippen LogP contribution is 2.38. The fraction of sp³-hybridized carbons (Fsp3) is 0.105. The van der Waals surface area contributed by atoms with Crippen LogP contribution in [0.15, 0.2) is 54.6 Å². The minimum absolute atomic E-state index is 0.0785. The molecule has 0 saturated carbocycles. The second kappa shape index (κ2) is 6.74. The molecule has 1 N–H and O–H groups in total. The number of fused-ring (bicyclic) bond motifs is 1. The number of hydrogen-bond donors (Lipinski definition) is 1. The van der Waals surface area contributed by atoms with Gasteiger partial charge in [0.15, 0.2) is 0 Å². The zero-order chi connectivity index (χ0) is 20.7. The van der Waals surface area contributed by atoms with E-state index in [-0.39, 0.29) is 18.2 Å². The van der Waals surface area contributed by atoms with E-state index in [1.54, 1.807) is 24.3 Å². The normalized spacial score (nSPS) is 12.2. The largest absolute Gasteiger partial charge is 0.507 e. The summed E-state index contributed by atoms with van der Waals surface area (Å²) in [7, 11) is 0. The number of benzene rings is 3. The van der Waals surface area contributed by atoms with Crippen LogP contribution in [0, 0.1) is 0 Å². The van der Waals surface area contributed by atoms with Crippen LogP contribution in [0.2, 0.25) is 0 Å². The van der Waals surface area contributed by atoms with Gasteiger partial charge in [0, 0.05) is 0 Å². The van der Waals surface area contributed by atoms with Crippen molar-refractivity contribution in [1.82, 2.24) is 0 Å². The number of alkyl halides is 6. The highest BCUT2D eigenvalue weighted by atomic mass is 19.4. The first-order valence-corrected chi connectivity index (χ1v) is 7.68. The summed E-state index contributed by atoms with van der Waals surface area (Å²) in [6, 6.07) is 9.54. The van der Waals surface area contributed by atoms with Gasteiger partial charge in [-0.3, -0.25) is 0 Å². The SMILES string of the molecule is O=C(Oc1cc(C(F)(F)F)cc(C(F)(F)F)c1)c1cc2ccccc2cc1O. The topological polar surface area (TPSA) is 46.5 Å². The Labute approximate surface area is 153 Å². The third kappa shape index (κ3) is 4.03. The van der Waals surface area contributed by atoms with Crippen molar-refractivity contribution >= 4 is 16.7 Å². The van der Waals surface area contributed by atoms with E-state index in [4.69, 9.17) is 4.74 Å². The van der Waals surface area contributed by atoms with E-state index in [1.165, 1.54) is 12.1 Å². The van der Waals surface area contributed by atoms with Crippen molar-refractivity contribution in [3.05, 3.63) is 71.3 Å². The first-order chi connectivity index (χ1) is 12.9. The Balaban J connectivity index is 2.01. The molecular weight excluding hydrogens is 390 g/mol. The molecule has 0 unspecified atom stereocenters. The van der Waals surface area contributed by atoms with Crippen LogP contribution in [0.25, 0.3) is 10.8 Å². The molecule has 0 heterocycles. The lowest BCUT2D eigenvalue weighted by atomic mass is 10.1. The van der Waals surface area contributed by atoms with Crippen LogP contribution in [0.5, 0.6) is 11.5 Å². The molecule has 3 aromatic carbocycles. The molecule has 0 bridgehead atoms. The number of carbonyl (C=O) groups excluding carboxylic acids is 1. The standard InChI is InChI=1S/C19H10F6O3/c20-18(21,22)12-7-13(19(23,24)25)9-14(8-12)28-17(27)15-5-10-3-1-2-4-11(10)6-16(15)26/h1-9,26H. The fourth-order valence-electron chi connectivity index (χ4n) is 2.54. The number of phenols is 1. The van der Waals surface area contributed by atoms with E-state index >= 15 is 0 Å². The highest BCUT2D eigenvalue weighted by Gasteiger charge is 2.37. The Morgan fingerprint density at radius 1 is 0.786 bits per heavy atom. The molecule has 3 aromatic rings. The lowest BCUT2D eigenvalue weighted by Crippen LogP contribution is -2.14. The zero-order valence-electron chi connectivity index (χ0n) is 13.7. The van der Waals surface area contributed by atoms with Gasteiger partial charge in [0.1, 0.15) is 17.1 Å². The van der Waals surface area contributed by atoms with Crippen LogP contribution in [0.4, 0.5) is 26.3 Å². The lowest BCUT2D eigenvalue weighted by molar-refractivity contribution is -0.143.